The van der Waals surface area contributed by atoms with E-state index in [2.05, 4.69) is 0 Å². The highest BCUT2D eigenvalue weighted by Crippen LogP contribution is 2.22. The zero-order chi connectivity index (χ0) is 10.0. The average molecular weight is 184 g/mol. The molecule has 0 N–H and O–H groups in total. The van der Waals surface area contributed by atoms with Crippen LogP contribution in [0, 0.1) is 0 Å². The van der Waals surface area contributed by atoms with E-state index in [4.69, 9.17) is 0 Å². The van der Waals surface area contributed by atoms with Gasteiger partial charge in [0.15, 0.2) is 0 Å². The largest absolute Gasteiger partial charge is 0.389 e. The Morgan fingerprint density at radius 1 is 0.917 bits per heavy atom. The van der Waals surface area contributed by atoms with Gasteiger partial charge in [-0.25, -0.2) is 0 Å². The van der Waals surface area contributed by atoms with Crippen LogP contribution >= 0.6 is 0 Å². The number of hydrogen-bond acceptors (Lipinski definition) is 0. The summed E-state index contributed by atoms with van der Waals surface area (Å²) in [4.78, 5) is 0. The lowest BCUT2D eigenvalue weighted by Crippen LogP contribution is -2.05. The van der Waals surface area contributed by atoms with E-state index in [9.17, 15) is 13.2 Å². The van der Waals surface area contributed by atoms with Crippen molar-refractivity contribution in [3.63, 3.8) is 0 Å². The maximum absolute atomic E-state index is 11.5. The van der Waals surface area contributed by atoms with E-state index in [0.29, 0.717) is 6.42 Å². The molecule has 0 unspecified atom stereocenters. The van der Waals surface area contributed by atoms with Gasteiger partial charge in [-0.05, 0) is 6.42 Å². The van der Waals surface area contributed by atoms with Gasteiger partial charge in [0.25, 0.3) is 0 Å². The van der Waals surface area contributed by atoms with Crippen molar-refractivity contribution in [3.8, 4) is 0 Å². The fourth-order valence-electron chi connectivity index (χ4n) is 0.752. The molecule has 0 bridgehead atoms. The summed E-state index contributed by atoms with van der Waals surface area (Å²) >= 11 is 0. The highest BCUT2D eigenvalue weighted by molar-refractivity contribution is 4.50. The summed E-state index contributed by atoms with van der Waals surface area (Å²) in [7, 11) is 0. The molecule has 0 aliphatic carbocycles. The van der Waals surface area contributed by atoms with Crippen molar-refractivity contribution < 1.29 is 13.2 Å². The molecule has 12 heavy (non-hydrogen) atoms. The van der Waals surface area contributed by atoms with Crippen LogP contribution in [0.2, 0.25) is 0 Å². The van der Waals surface area contributed by atoms with E-state index >= 15 is 0 Å². The van der Waals surface area contributed by atoms with Gasteiger partial charge >= 0.3 is 6.18 Å². The maximum atomic E-state index is 11.5. The van der Waals surface area contributed by atoms with Gasteiger partial charge in [-0.3, -0.25) is 0 Å². The van der Waals surface area contributed by atoms with Gasteiger partial charge in [-0.2, -0.15) is 13.2 Å². The van der Waals surface area contributed by atoms with Crippen LogP contribution in [-0.2, 0) is 0 Å². The number of alkyl halides is 3. The van der Waals surface area contributed by atoms with Crippen LogP contribution in [0.1, 0.15) is 52.9 Å². The molecule has 0 aliphatic rings. The lowest BCUT2D eigenvalue weighted by molar-refractivity contribution is -0.135. The second-order valence-corrected chi connectivity index (χ2v) is 2.43. The third-order valence-electron chi connectivity index (χ3n) is 1.31. The number of halogens is 3. The summed E-state index contributed by atoms with van der Waals surface area (Å²) in [6.45, 7) is 5.98. The van der Waals surface area contributed by atoms with E-state index in [1.165, 1.54) is 0 Å². The van der Waals surface area contributed by atoms with Gasteiger partial charge in [0.05, 0.1) is 0 Å². The molecule has 0 aromatic heterocycles. The molecule has 3 heteroatoms. The third kappa shape index (κ3) is 16.4. The first-order chi connectivity index (χ1) is 5.56. The first kappa shape index (κ1) is 14.3. The summed E-state index contributed by atoms with van der Waals surface area (Å²) in [6.07, 6.45) is -1.68. The molecule has 0 spiro atoms. The topological polar surface area (TPSA) is 0 Å². The summed E-state index contributed by atoms with van der Waals surface area (Å²) in [5.74, 6) is 0. The lowest BCUT2D eigenvalue weighted by atomic mass is 10.1. The second-order valence-electron chi connectivity index (χ2n) is 2.43. The molecular formula is C9H19F3. The SMILES string of the molecule is CC.CCCCCCC(F)(F)F. The van der Waals surface area contributed by atoms with Crippen LogP contribution in [0.25, 0.3) is 0 Å². The number of hydrogen-bond donors (Lipinski definition) is 0. The first-order valence-corrected chi connectivity index (χ1v) is 4.63. The standard InChI is InChI=1S/C7H13F3.C2H6/c1-2-3-4-5-6-7(8,9)10;1-2/h2-6H2,1H3;1-2H3. The Kier molecular flexibility index (Phi) is 10.6. The zero-order valence-electron chi connectivity index (χ0n) is 8.17. The van der Waals surface area contributed by atoms with Crippen molar-refractivity contribution in [1.29, 1.82) is 0 Å². The molecule has 0 fully saturated rings. The average Bonchev–Trinajstić information content (AvgIpc) is 2.01. The van der Waals surface area contributed by atoms with Gasteiger partial charge in [0, 0.05) is 6.42 Å². The summed E-state index contributed by atoms with van der Waals surface area (Å²) in [5.41, 5.74) is 0. The minimum atomic E-state index is -3.95. The molecule has 0 rings (SSSR count). The predicted molar refractivity (Wildman–Crippen MR) is 46.2 cm³/mol. The van der Waals surface area contributed by atoms with Crippen molar-refractivity contribution in [2.75, 3.05) is 0 Å². The second kappa shape index (κ2) is 8.88. The lowest BCUT2D eigenvalue weighted by Gasteiger charge is -2.03. The Morgan fingerprint density at radius 3 is 1.75 bits per heavy atom. The first-order valence-electron chi connectivity index (χ1n) is 4.63. The number of unbranched alkanes of at least 4 members (excludes halogenated alkanes) is 3. The van der Waals surface area contributed by atoms with Gasteiger partial charge in [0.1, 0.15) is 0 Å². The molecule has 0 nitrogen and oxygen atoms in total. The molecule has 0 saturated carbocycles. The molecule has 0 amide bonds. The van der Waals surface area contributed by atoms with Gasteiger partial charge < -0.3 is 0 Å². The van der Waals surface area contributed by atoms with Gasteiger partial charge in [-0.15, -0.1) is 0 Å². The van der Waals surface area contributed by atoms with Crippen LogP contribution in [0.3, 0.4) is 0 Å². The molecule has 0 aliphatic heterocycles. The molecule has 0 radical (unpaired) electrons. The van der Waals surface area contributed by atoms with E-state index in [0.717, 1.165) is 12.8 Å². The molecule has 0 heterocycles. The molecule has 0 aromatic rings. The van der Waals surface area contributed by atoms with Crippen LogP contribution in [0.5, 0.6) is 0 Å². The fourth-order valence-corrected chi connectivity index (χ4v) is 0.752. The predicted octanol–water partition coefficient (Wildman–Crippen LogP) is 4.55. The monoisotopic (exact) mass is 184 g/mol. The fraction of sp³-hybridized carbons (Fsp3) is 1.00. The van der Waals surface area contributed by atoms with Crippen molar-refractivity contribution in [2.24, 2.45) is 0 Å². The molecule has 0 saturated heterocycles. The van der Waals surface area contributed by atoms with E-state index in [-0.39, 0.29) is 6.42 Å². The minimum Gasteiger partial charge on any atom is -0.171 e. The summed E-state index contributed by atoms with van der Waals surface area (Å²) in [6, 6.07) is 0. The Hall–Kier alpha value is -0.210. The van der Waals surface area contributed by atoms with Gasteiger partial charge in [0.2, 0.25) is 0 Å². The van der Waals surface area contributed by atoms with E-state index in [1.54, 1.807) is 0 Å². The van der Waals surface area contributed by atoms with Crippen molar-refractivity contribution in [3.05, 3.63) is 0 Å². The Morgan fingerprint density at radius 2 is 1.42 bits per heavy atom. The molecule has 76 valence electrons. The Labute approximate surface area is 73.2 Å². The van der Waals surface area contributed by atoms with Crippen molar-refractivity contribution in [1.82, 2.24) is 0 Å². The van der Waals surface area contributed by atoms with E-state index in [1.807, 2.05) is 20.8 Å². The highest BCUT2D eigenvalue weighted by Gasteiger charge is 2.25. The Bertz CT molecular complexity index is 76.3. The Balaban J connectivity index is 0. The molecule has 0 atom stereocenters. The smallest absolute Gasteiger partial charge is 0.171 e. The highest BCUT2D eigenvalue weighted by atomic mass is 19.4. The van der Waals surface area contributed by atoms with Crippen LogP contribution < -0.4 is 0 Å². The normalized spacial score (nSPS) is 10.5. The number of rotatable bonds is 4. The van der Waals surface area contributed by atoms with Crippen LogP contribution in [0.4, 0.5) is 13.2 Å². The minimum absolute atomic E-state index is 0.289. The van der Waals surface area contributed by atoms with Crippen molar-refractivity contribution >= 4 is 0 Å². The van der Waals surface area contributed by atoms with Crippen LogP contribution in [0.15, 0.2) is 0 Å². The van der Waals surface area contributed by atoms with Crippen molar-refractivity contribution in [2.45, 2.75) is 59.1 Å². The molecular weight excluding hydrogens is 165 g/mol. The quantitative estimate of drug-likeness (QED) is 0.562. The summed E-state index contributed by atoms with van der Waals surface area (Å²) < 4.78 is 34.4. The third-order valence-corrected chi connectivity index (χ3v) is 1.31. The zero-order valence-corrected chi connectivity index (χ0v) is 8.17. The van der Waals surface area contributed by atoms with Gasteiger partial charge in [-0.1, -0.05) is 40.0 Å². The van der Waals surface area contributed by atoms with Crippen LogP contribution in [-0.4, -0.2) is 6.18 Å². The summed E-state index contributed by atoms with van der Waals surface area (Å²) in [5, 5.41) is 0. The maximum Gasteiger partial charge on any atom is 0.389 e. The van der Waals surface area contributed by atoms with E-state index < -0.39 is 12.6 Å². The molecule has 0 aromatic carbocycles.